The molecule has 0 aliphatic carbocycles. The SMILES string of the molecule is [CH2-]N=C(N)NC#N.[Y].[Y]. The molecule has 9 heavy (non-hydrogen) atoms. The molecule has 0 spiro atoms. The van der Waals surface area contributed by atoms with Crippen LogP contribution in [0.2, 0.25) is 0 Å². The first-order chi connectivity index (χ1) is 3.31. The summed E-state index contributed by atoms with van der Waals surface area (Å²) in [6.07, 6.45) is 1.57. The van der Waals surface area contributed by atoms with Crippen LogP contribution in [-0.2, 0) is 65.4 Å². The molecule has 0 aliphatic rings. The minimum atomic E-state index is 0. The van der Waals surface area contributed by atoms with Gasteiger partial charge in [-0.25, -0.2) is 0 Å². The second kappa shape index (κ2) is 11.6. The Balaban J connectivity index is -0.000000180. The quantitative estimate of drug-likeness (QED) is 0.199. The number of nitrogens with one attached hydrogen (secondary N) is 1. The summed E-state index contributed by atoms with van der Waals surface area (Å²) in [7, 11) is 3.05. The molecule has 0 aromatic rings. The minimum Gasteiger partial charge on any atom is -0.446 e. The van der Waals surface area contributed by atoms with Gasteiger partial charge in [-0.2, -0.15) is 12.3 Å². The van der Waals surface area contributed by atoms with Crippen molar-refractivity contribution in [2.45, 2.75) is 0 Å². The molecule has 0 saturated heterocycles. The van der Waals surface area contributed by atoms with E-state index in [0.29, 0.717) is 0 Å². The molecular formula is C3H5N4Y2-. The Kier molecular flexibility index (Phi) is 21.2. The van der Waals surface area contributed by atoms with E-state index in [-0.39, 0.29) is 71.4 Å². The summed E-state index contributed by atoms with van der Waals surface area (Å²) in [5.74, 6) is 0.0301. The molecule has 0 unspecified atom stereocenters. The molecule has 0 bridgehead atoms. The van der Waals surface area contributed by atoms with E-state index in [0.717, 1.165) is 0 Å². The van der Waals surface area contributed by atoms with E-state index in [9.17, 15) is 0 Å². The van der Waals surface area contributed by atoms with Gasteiger partial charge < -0.3 is 16.0 Å². The van der Waals surface area contributed by atoms with Crippen LogP contribution in [0.5, 0.6) is 0 Å². The monoisotopic (exact) mass is 275 g/mol. The smallest absolute Gasteiger partial charge is 0.166 e. The van der Waals surface area contributed by atoms with Crippen molar-refractivity contribution in [1.82, 2.24) is 5.32 Å². The van der Waals surface area contributed by atoms with E-state index in [1.807, 2.05) is 0 Å². The molecule has 44 valence electrons. The van der Waals surface area contributed by atoms with Gasteiger partial charge in [0.2, 0.25) is 0 Å². The molecule has 0 amide bonds. The van der Waals surface area contributed by atoms with Crippen LogP contribution in [0.15, 0.2) is 4.99 Å². The van der Waals surface area contributed by atoms with Crippen LogP contribution in [-0.4, -0.2) is 5.96 Å². The van der Waals surface area contributed by atoms with Gasteiger partial charge in [-0.05, 0) is 0 Å². The maximum atomic E-state index is 7.82. The zero-order valence-corrected chi connectivity index (χ0v) is 10.5. The Morgan fingerprint density at radius 1 is 1.67 bits per heavy atom. The van der Waals surface area contributed by atoms with E-state index >= 15 is 0 Å². The summed E-state index contributed by atoms with van der Waals surface area (Å²) in [6, 6.07) is 0. The number of nitriles is 1. The van der Waals surface area contributed by atoms with E-state index in [4.69, 9.17) is 11.0 Å². The molecular weight excluding hydrogens is 270 g/mol. The van der Waals surface area contributed by atoms with Gasteiger partial charge in [0.1, 0.15) is 0 Å². The Hall–Kier alpha value is 0.838. The minimum absolute atomic E-state index is 0. The van der Waals surface area contributed by atoms with Crippen LogP contribution in [0.3, 0.4) is 0 Å². The van der Waals surface area contributed by atoms with Crippen molar-refractivity contribution >= 4 is 5.96 Å². The first-order valence-corrected chi connectivity index (χ1v) is 1.55. The summed E-state index contributed by atoms with van der Waals surface area (Å²) in [4.78, 5) is 3.19. The number of guanidine groups is 1. The average molecular weight is 275 g/mol. The number of hydrogen-bond acceptors (Lipinski definition) is 2. The Morgan fingerprint density at radius 2 is 2.11 bits per heavy atom. The molecule has 0 aromatic heterocycles. The third-order valence-electron chi connectivity index (χ3n) is 0.354. The first kappa shape index (κ1) is 16.4. The fourth-order valence-corrected chi connectivity index (χ4v) is 0.0968. The summed E-state index contributed by atoms with van der Waals surface area (Å²) in [5, 5.41) is 9.88. The fraction of sp³-hybridized carbons (Fsp3) is 0. The standard InChI is InChI=1S/C3H5N4.2Y/c1-6-3(5)7-2-4;;/h1H2,(H3,5,6,7);;/q-1;;. The van der Waals surface area contributed by atoms with Gasteiger partial charge in [-0.15, -0.1) is 0 Å². The molecule has 2 radical (unpaired) electrons. The van der Waals surface area contributed by atoms with E-state index in [1.54, 1.807) is 6.19 Å². The Morgan fingerprint density at radius 3 is 2.22 bits per heavy atom. The van der Waals surface area contributed by atoms with Gasteiger partial charge in [0.15, 0.2) is 6.19 Å². The van der Waals surface area contributed by atoms with Crippen molar-refractivity contribution in [2.75, 3.05) is 0 Å². The Bertz CT molecular complexity index is 115. The summed E-state index contributed by atoms with van der Waals surface area (Å²) in [6.45, 7) is 0. The van der Waals surface area contributed by atoms with Gasteiger partial charge in [-0.1, -0.05) is 0 Å². The van der Waals surface area contributed by atoms with Gasteiger partial charge >= 0.3 is 0 Å². The number of rotatable bonds is 0. The van der Waals surface area contributed by atoms with Crippen LogP contribution >= 0.6 is 0 Å². The third-order valence-corrected chi connectivity index (χ3v) is 0.354. The maximum absolute atomic E-state index is 7.82. The Labute approximate surface area is 104 Å². The van der Waals surface area contributed by atoms with E-state index in [1.165, 1.54) is 0 Å². The summed E-state index contributed by atoms with van der Waals surface area (Å²) in [5.41, 5.74) is 4.94. The molecule has 4 nitrogen and oxygen atoms in total. The third kappa shape index (κ3) is 12.1. The molecule has 0 aliphatic heterocycles. The van der Waals surface area contributed by atoms with Gasteiger partial charge in [-0.3, -0.25) is 0 Å². The zero-order chi connectivity index (χ0) is 5.70. The van der Waals surface area contributed by atoms with Crippen LogP contribution in [0.4, 0.5) is 0 Å². The molecule has 0 heterocycles. The van der Waals surface area contributed by atoms with Crippen molar-refractivity contribution in [3.05, 3.63) is 7.05 Å². The predicted octanol–water partition coefficient (Wildman–Crippen LogP) is -0.842. The molecule has 0 saturated carbocycles. The number of hydrogen-bond donors (Lipinski definition) is 2. The van der Waals surface area contributed by atoms with Crippen molar-refractivity contribution in [1.29, 1.82) is 5.26 Å². The van der Waals surface area contributed by atoms with Crippen molar-refractivity contribution in [3.8, 4) is 6.19 Å². The second-order valence-electron chi connectivity index (χ2n) is 0.780. The molecule has 0 aromatic carbocycles. The predicted molar refractivity (Wildman–Crippen MR) is 25.7 cm³/mol. The van der Waals surface area contributed by atoms with Crippen LogP contribution in [0, 0.1) is 18.5 Å². The number of nitrogens with zero attached hydrogens (tertiary/aromatic N) is 2. The topological polar surface area (TPSA) is 74.2 Å². The molecule has 3 N–H and O–H groups in total. The normalized spacial score (nSPS) is 7.67. The van der Waals surface area contributed by atoms with Crippen LogP contribution < -0.4 is 11.1 Å². The maximum Gasteiger partial charge on any atom is 0.166 e. The van der Waals surface area contributed by atoms with Gasteiger partial charge in [0, 0.05) is 71.4 Å². The molecule has 0 atom stereocenters. The van der Waals surface area contributed by atoms with Gasteiger partial charge in [0.25, 0.3) is 0 Å². The molecule has 6 heteroatoms. The molecule has 0 fully saturated rings. The largest absolute Gasteiger partial charge is 0.446 e. The van der Waals surface area contributed by atoms with Gasteiger partial charge in [0.05, 0.1) is 0 Å². The van der Waals surface area contributed by atoms with E-state index in [2.05, 4.69) is 17.4 Å². The van der Waals surface area contributed by atoms with Crippen LogP contribution in [0.1, 0.15) is 0 Å². The summed E-state index contributed by atoms with van der Waals surface area (Å²) >= 11 is 0. The first-order valence-electron chi connectivity index (χ1n) is 1.55. The van der Waals surface area contributed by atoms with Crippen molar-refractivity contribution in [2.24, 2.45) is 10.7 Å². The van der Waals surface area contributed by atoms with Crippen LogP contribution in [0.25, 0.3) is 0 Å². The summed E-state index contributed by atoms with van der Waals surface area (Å²) < 4.78 is 0. The fourth-order valence-electron chi connectivity index (χ4n) is 0.0968. The van der Waals surface area contributed by atoms with E-state index < -0.39 is 0 Å². The molecule has 0 rings (SSSR count). The number of aliphatic imine (C=N–C) groups is 1. The zero-order valence-electron chi connectivity index (χ0n) is 4.83. The van der Waals surface area contributed by atoms with Crippen molar-refractivity contribution in [3.63, 3.8) is 0 Å². The average Bonchev–Trinajstić information content (AvgIpc) is 1.68. The number of nitrogens with two attached hydrogens (primary N) is 1. The van der Waals surface area contributed by atoms with Crippen molar-refractivity contribution < 1.29 is 65.4 Å². The second-order valence-corrected chi connectivity index (χ2v) is 0.780.